The summed E-state index contributed by atoms with van der Waals surface area (Å²) in [7, 11) is 0. The molecule has 0 saturated carbocycles. The summed E-state index contributed by atoms with van der Waals surface area (Å²) in [5.74, 6) is -0.727. The van der Waals surface area contributed by atoms with E-state index >= 15 is 0 Å². The van der Waals surface area contributed by atoms with Crippen molar-refractivity contribution in [3.05, 3.63) is 64.9 Å². The molecule has 1 saturated heterocycles. The van der Waals surface area contributed by atoms with E-state index in [1.54, 1.807) is 6.20 Å². The fraction of sp³-hybridized carbons (Fsp3) is 0.429. The first-order valence-electron chi connectivity index (χ1n) is 9.38. The molecule has 0 aliphatic carbocycles. The molecule has 1 aromatic carbocycles. The van der Waals surface area contributed by atoms with E-state index < -0.39 is 5.97 Å². The zero-order chi connectivity index (χ0) is 19.1. The Morgan fingerprint density at radius 1 is 1.21 bits per heavy atom. The number of halogens is 1. The van der Waals surface area contributed by atoms with Gasteiger partial charge >= 0.3 is 57.4 Å². The van der Waals surface area contributed by atoms with Crippen molar-refractivity contribution >= 4 is 69.0 Å². The summed E-state index contributed by atoms with van der Waals surface area (Å²) < 4.78 is 6.47. The molecule has 3 rings (SSSR count). The molecule has 146 valence electrons. The van der Waals surface area contributed by atoms with Crippen LogP contribution in [0, 0.1) is 0 Å². The Kier molecular flexibility index (Phi) is 10.6. The summed E-state index contributed by atoms with van der Waals surface area (Å²) in [6.45, 7) is 2.69. The minimum atomic E-state index is -0.727. The molecule has 5 nitrogen and oxygen atoms in total. The molecule has 1 aromatic heterocycles. The summed E-state index contributed by atoms with van der Waals surface area (Å²) in [5.41, 5.74) is 1.94. The first-order chi connectivity index (χ1) is 13.1. The molecule has 0 radical (unpaired) electrons. The van der Waals surface area contributed by atoms with Crippen LogP contribution in [0.15, 0.2) is 48.7 Å². The number of carboxylic acid groups (broad SMARTS) is 1. The number of hydrogen-bond acceptors (Lipinski definition) is 4. The van der Waals surface area contributed by atoms with Gasteiger partial charge in [-0.25, -0.2) is 0 Å². The van der Waals surface area contributed by atoms with Crippen molar-refractivity contribution in [2.24, 2.45) is 0 Å². The quantitative estimate of drug-likeness (QED) is 0.652. The summed E-state index contributed by atoms with van der Waals surface area (Å²) in [6.07, 6.45) is 4.52. The second kappa shape index (κ2) is 12.4. The monoisotopic (exact) mass is 428 g/mol. The number of benzene rings is 1. The summed E-state index contributed by atoms with van der Waals surface area (Å²) >= 11 is 6.03. The van der Waals surface area contributed by atoms with Gasteiger partial charge in [0, 0.05) is 30.7 Å². The molecule has 0 spiro atoms. The van der Waals surface area contributed by atoms with Crippen LogP contribution < -0.4 is 0 Å². The number of aromatic nitrogens is 1. The summed E-state index contributed by atoms with van der Waals surface area (Å²) in [4.78, 5) is 17.5. The van der Waals surface area contributed by atoms with Crippen molar-refractivity contribution in [3.8, 4) is 0 Å². The number of piperidine rings is 1. The molecule has 1 N–H and O–H groups in total. The van der Waals surface area contributed by atoms with Crippen LogP contribution in [-0.2, 0) is 9.53 Å². The Labute approximate surface area is 213 Å². The van der Waals surface area contributed by atoms with Gasteiger partial charge in [0.15, 0.2) is 0 Å². The molecule has 2 heterocycles. The molecule has 0 unspecified atom stereocenters. The van der Waals surface area contributed by atoms with Crippen LogP contribution >= 0.6 is 11.6 Å². The first kappa shape index (κ1) is 24.0. The Hall–Kier alpha value is -0.314. The molecular weight excluding hydrogens is 403 g/mol. The van der Waals surface area contributed by atoms with Gasteiger partial charge in [-0.1, -0.05) is 29.8 Å². The third-order valence-electron chi connectivity index (χ3n) is 4.86. The maximum absolute atomic E-state index is 10.7. The second-order valence-corrected chi connectivity index (χ2v) is 7.30. The molecule has 28 heavy (non-hydrogen) atoms. The first-order valence-corrected chi connectivity index (χ1v) is 9.75. The number of aliphatic carboxylic acids is 1. The van der Waals surface area contributed by atoms with E-state index in [0.717, 1.165) is 43.7 Å². The van der Waals surface area contributed by atoms with E-state index in [1.807, 2.05) is 42.5 Å². The number of carboxylic acids is 1. The summed E-state index contributed by atoms with van der Waals surface area (Å²) in [6, 6.07) is 13.6. The fourth-order valence-corrected chi connectivity index (χ4v) is 3.53. The SMILES string of the molecule is O=C(O)CCCN1CCC(O[C@@H](c2ccc(Cl)cc2)c2ccccn2)CC1.[KH]. The number of carbonyl (C=O) groups is 1. The van der Waals surface area contributed by atoms with Gasteiger partial charge in [-0.3, -0.25) is 9.78 Å². The molecule has 0 amide bonds. The number of rotatable bonds is 8. The molecular formula is C21H26ClKN2O3. The average Bonchev–Trinajstić information content (AvgIpc) is 2.68. The van der Waals surface area contributed by atoms with Crippen LogP contribution in [0.2, 0.25) is 5.02 Å². The van der Waals surface area contributed by atoms with E-state index in [1.165, 1.54) is 0 Å². The molecule has 1 aliphatic heterocycles. The topological polar surface area (TPSA) is 62.7 Å². The molecule has 1 aliphatic rings. The van der Waals surface area contributed by atoms with E-state index in [4.69, 9.17) is 21.4 Å². The van der Waals surface area contributed by atoms with Gasteiger partial charge in [-0.15, -0.1) is 0 Å². The predicted molar refractivity (Wildman–Crippen MR) is 112 cm³/mol. The van der Waals surface area contributed by atoms with Crippen LogP contribution in [0.4, 0.5) is 0 Å². The number of pyridine rings is 1. The van der Waals surface area contributed by atoms with E-state index in [9.17, 15) is 4.79 Å². The van der Waals surface area contributed by atoms with E-state index in [-0.39, 0.29) is 70.0 Å². The van der Waals surface area contributed by atoms with Crippen LogP contribution in [0.5, 0.6) is 0 Å². The molecule has 1 atom stereocenters. The van der Waals surface area contributed by atoms with Crippen molar-refractivity contribution < 1.29 is 14.6 Å². The van der Waals surface area contributed by atoms with Gasteiger partial charge in [0.1, 0.15) is 6.10 Å². The van der Waals surface area contributed by atoms with Crippen LogP contribution in [0.3, 0.4) is 0 Å². The predicted octanol–water partition coefficient (Wildman–Crippen LogP) is 3.52. The van der Waals surface area contributed by atoms with Crippen molar-refractivity contribution in [2.75, 3.05) is 19.6 Å². The van der Waals surface area contributed by atoms with Gasteiger partial charge in [0.25, 0.3) is 0 Å². The van der Waals surface area contributed by atoms with Crippen molar-refractivity contribution in [2.45, 2.75) is 37.9 Å². The van der Waals surface area contributed by atoms with Crippen LogP contribution in [-0.4, -0.2) is 98.1 Å². The van der Waals surface area contributed by atoms with Crippen molar-refractivity contribution in [3.63, 3.8) is 0 Å². The van der Waals surface area contributed by atoms with Gasteiger partial charge in [-0.05, 0) is 55.6 Å². The average molecular weight is 429 g/mol. The van der Waals surface area contributed by atoms with Crippen LogP contribution in [0.25, 0.3) is 0 Å². The number of nitrogens with zero attached hydrogens (tertiary/aromatic N) is 2. The van der Waals surface area contributed by atoms with Gasteiger partial charge in [0.2, 0.25) is 0 Å². The molecule has 1 fully saturated rings. The van der Waals surface area contributed by atoms with Gasteiger partial charge in [-0.2, -0.15) is 0 Å². The number of ether oxygens (including phenoxy) is 1. The number of hydrogen-bond donors (Lipinski definition) is 1. The zero-order valence-electron chi connectivity index (χ0n) is 15.3. The molecule has 7 heteroatoms. The molecule has 0 bridgehead atoms. The van der Waals surface area contributed by atoms with E-state index in [0.29, 0.717) is 11.4 Å². The third-order valence-corrected chi connectivity index (χ3v) is 5.11. The second-order valence-electron chi connectivity index (χ2n) is 6.86. The maximum atomic E-state index is 10.7. The van der Waals surface area contributed by atoms with Gasteiger partial charge < -0.3 is 14.7 Å². The minimum absolute atomic E-state index is 0. The van der Waals surface area contributed by atoms with Gasteiger partial charge in [0.05, 0.1) is 11.8 Å². The third kappa shape index (κ3) is 7.50. The summed E-state index contributed by atoms with van der Waals surface area (Å²) in [5, 5.41) is 9.47. The van der Waals surface area contributed by atoms with Crippen molar-refractivity contribution in [1.29, 1.82) is 0 Å². The Morgan fingerprint density at radius 3 is 2.54 bits per heavy atom. The number of likely N-dealkylation sites (tertiary alicyclic amines) is 1. The normalized spacial score (nSPS) is 16.3. The standard InChI is InChI=1S/C21H25ClN2O3.K.H/c22-17-8-6-16(7-9-17)21(19-4-1-2-12-23-19)27-18-10-14-24(15-11-18)13-3-5-20(25)26;;/h1-2,4,6-9,12,18,21H,3,5,10-11,13-15H2,(H,25,26);;/t21-;;/m0../s1. The molecule has 2 aromatic rings. The Bertz CT molecular complexity index is 722. The fourth-order valence-electron chi connectivity index (χ4n) is 3.40. The van der Waals surface area contributed by atoms with Crippen molar-refractivity contribution in [1.82, 2.24) is 9.88 Å². The van der Waals surface area contributed by atoms with E-state index in [2.05, 4.69) is 9.88 Å². The van der Waals surface area contributed by atoms with Crippen LogP contribution in [0.1, 0.15) is 43.0 Å². The Balaban J connectivity index is 0.00000280. The Morgan fingerprint density at radius 2 is 1.93 bits per heavy atom. The zero-order valence-corrected chi connectivity index (χ0v) is 16.0.